The Kier molecular flexibility index (Phi) is 6.89. The number of esters is 1. The summed E-state index contributed by atoms with van der Waals surface area (Å²) in [6.07, 6.45) is 4.51. The zero-order valence-corrected chi connectivity index (χ0v) is 18.1. The molecule has 4 atom stereocenters. The number of nitrogens with zero attached hydrogens (tertiary/aromatic N) is 3. The molecule has 1 aromatic heterocycles. The fraction of sp³-hybridized carbons (Fsp3) is 0.565. The van der Waals surface area contributed by atoms with Crippen LogP contribution in [0.3, 0.4) is 0 Å². The summed E-state index contributed by atoms with van der Waals surface area (Å²) in [7, 11) is 3.06. The van der Waals surface area contributed by atoms with Gasteiger partial charge in [-0.25, -0.2) is 9.78 Å². The summed E-state index contributed by atoms with van der Waals surface area (Å²) < 4.78 is 18.2. The Balaban J connectivity index is 1.36. The molecule has 0 radical (unpaired) electrons. The Morgan fingerprint density at radius 3 is 2.81 bits per heavy atom. The van der Waals surface area contributed by atoms with Gasteiger partial charge < -0.3 is 23.9 Å². The average molecular weight is 430 g/mol. The second kappa shape index (κ2) is 9.80. The molecule has 1 aliphatic carbocycles. The summed E-state index contributed by atoms with van der Waals surface area (Å²) in [5.41, 5.74) is 1.63. The number of aromatic nitrogens is 2. The average Bonchev–Trinajstić information content (AvgIpc) is 3.38. The van der Waals surface area contributed by atoms with E-state index in [2.05, 4.69) is 14.5 Å². The summed E-state index contributed by atoms with van der Waals surface area (Å²) >= 11 is 0. The zero-order valence-electron chi connectivity index (χ0n) is 18.1. The topological polar surface area (TPSA) is 86.0 Å². The highest BCUT2D eigenvalue weighted by Crippen LogP contribution is 2.38. The first kappa shape index (κ1) is 21.8. The summed E-state index contributed by atoms with van der Waals surface area (Å²) in [6.45, 7) is 4.26. The van der Waals surface area contributed by atoms with Crippen molar-refractivity contribution in [1.82, 2.24) is 14.5 Å². The van der Waals surface area contributed by atoms with Crippen molar-refractivity contribution in [2.75, 3.05) is 33.9 Å². The van der Waals surface area contributed by atoms with E-state index in [-0.39, 0.29) is 6.10 Å². The quantitative estimate of drug-likeness (QED) is 0.642. The Morgan fingerprint density at radius 1 is 1.23 bits per heavy atom. The SMILES string of the molecule is COCCn1cncc1CN1C[C@H]2C[C@@H](Oc3cccc(C(=O)OC)c3)[C@H](O)C[C@H]2C1. The number of rotatable bonds is 8. The van der Waals surface area contributed by atoms with Crippen LogP contribution in [0, 0.1) is 11.8 Å². The molecule has 0 bridgehead atoms. The maximum absolute atomic E-state index is 11.8. The van der Waals surface area contributed by atoms with E-state index < -0.39 is 12.1 Å². The first-order valence-corrected chi connectivity index (χ1v) is 10.8. The van der Waals surface area contributed by atoms with Gasteiger partial charge in [0.1, 0.15) is 11.9 Å². The third-order valence-electron chi connectivity index (χ3n) is 6.42. The van der Waals surface area contributed by atoms with Gasteiger partial charge in [-0.05, 0) is 42.9 Å². The van der Waals surface area contributed by atoms with E-state index in [1.165, 1.54) is 12.8 Å². The van der Waals surface area contributed by atoms with Crippen LogP contribution in [0.4, 0.5) is 0 Å². The van der Waals surface area contributed by atoms with E-state index in [4.69, 9.17) is 14.2 Å². The van der Waals surface area contributed by atoms with Crippen molar-refractivity contribution in [2.45, 2.75) is 38.1 Å². The molecule has 1 N–H and O–H groups in total. The van der Waals surface area contributed by atoms with Crippen LogP contribution < -0.4 is 4.74 Å². The van der Waals surface area contributed by atoms with E-state index in [0.29, 0.717) is 29.8 Å². The zero-order chi connectivity index (χ0) is 21.8. The van der Waals surface area contributed by atoms with Crippen molar-refractivity contribution in [3.05, 3.63) is 48.0 Å². The van der Waals surface area contributed by atoms with Crippen LogP contribution in [0.15, 0.2) is 36.8 Å². The minimum absolute atomic E-state index is 0.277. The van der Waals surface area contributed by atoms with Crippen LogP contribution in [0.5, 0.6) is 5.75 Å². The van der Waals surface area contributed by atoms with Gasteiger partial charge in [0.25, 0.3) is 0 Å². The van der Waals surface area contributed by atoms with Gasteiger partial charge in [0.2, 0.25) is 0 Å². The number of likely N-dealkylation sites (tertiary alicyclic amines) is 1. The highest BCUT2D eigenvalue weighted by Gasteiger charge is 2.42. The number of carbonyl (C=O) groups is 1. The lowest BCUT2D eigenvalue weighted by Crippen LogP contribution is -2.42. The van der Waals surface area contributed by atoms with E-state index in [1.807, 2.05) is 18.6 Å². The molecule has 1 aromatic carbocycles. The third-order valence-corrected chi connectivity index (χ3v) is 6.42. The van der Waals surface area contributed by atoms with Gasteiger partial charge in [0.15, 0.2) is 0 Å². The van der Waals surface area contributed by atoms with Crippen molar-refractivity contribution >= 4 is 5.97 Å². The Morgan fingerprint density at radius 2 is 2.03 bits per heavy atom. The lowest BCUT2D eigenvalue weighted by Gasteiger charge is -2.35. The molecule has 2 heterocycles. The fourth-order valence-electron chi connectivity index (χ4n) is 4.83. The molecule has 2 fully saturated rings. The molecule has 8 heteroatoms. The van der Waals surface area contributed by atoms with Crippen LogP contribution in [0.2, 0.25) is 0 Å². The van der Waals surface area contributed by atoms with Gasteiger partial charge in [0, 0.05) is 39.5 Å². The molecule has 1 saturated carbocycles. The molecule has 168 valence electrons. The smallest absolute Gasteiger partial charge is 0.337 e. The predicted octanol–water partition coefficient (Wildman–Crippen LogP) is 1.97. The predicted molar refractivity (Wildman–Crippen MR) is 114 cm³/mol. The highest BCUT2D eigenvalue weighted by molar-refractivity contribution is 5.89. The Bertz CT molecular complexity index is 886. The van der Waals surface area contributed by atoms with Gasteiger partial charge >= 0.3 is 5.97 Å². The molecule has 0 unspecified atom stereocenters. The van der Waals surface area contributed by atoms with Crippen LogP contribution in [-0.2, 0) is 22.6 Å². The lowest BCUT2D eigenvalue weighted by molar-refractivity contribution is -0.0231. The number of imidazole rings is 1. The lowest BCUT2D eigenvalue weighted by atomic mass is 9.78. The normalized spacial score (nSPS) is 25.9. The summed E-state index contributed by atoms with van der Waals surface area (Å²) in [5, 5.41) is 10.7. The molecule has 1 aliphatic heterocycles. The molecule has 4 rings (SSSR count). The monoisotopic (exact) mass is 429 g/mol. The largest absolute Gasteiger partial charge is 0.488 e. The van der Waals surface area contributed by atoms with Crippen LogP contribution >= 0.6 is 0 Å². The van der Waals surface area contributed by atoms with Crippen molar-refractivity contribution in [2.24, 2.45) is 11.8 Å². The Labute approximate surface area is 182 Å². The highest BCUT2D eigenvalue weighted by atomic mass is 16.5. The molecular weight excluding hydrogens is 398 g/mol. The number of fused-ring (bicyclic) bond motifs is 1. The van der Waals surface area contributed by atoms with Crippen molar-refractivity contribution in [3.63, 3.8) is 0 Å². The Hall–Kier alpha value is -2.42. The van der Waals surface area contributed by atoms with Gasteiger partial charge in [-0.2, -0.15) is 0 Å². The molecule has 31 heavy (non-hydrogen) atoms. The van der Waals surface area contributed by atoms with Crippen LogP contribution in [0.1, 0.15) is 28.9 Å². The number of methoxy groups -OCH3 is 2. The molecule has 1 saturated heterocycles. The number of aliphatic hydroxyl groups excluding tert-OH is 1. The fourth-order valence-corrected chi connectivity index (χ4v) is 4.83. The molecule has 8 nitrogen and oxygen atoms in total. The molecule has 0 spiro atoms. The van der Waals surface area contributed by atoms with E-state index in [1.54, 1.807) is 25.3 Å². The minimum atomic E-state index is -0.518. The van der Waals surface area contributed by atoms with Crippen molar-refractivity contribution in [3.8, 4) is 5.75 Å². The van der Waals surface area contributed by atoms with E-state index in [0.717, 1.165) is 39.0 Å². The van der Waals surface area contributed by atoms with Crippen molar-refractivity contribution in [1.29, 1.82) is 0 Å². The van der Waals surface area contributed by atoms with Crippen LogP contribution in [0.25, 0.3) is 0 Å². The summed E-state index contributed by atoms with van der Waals surface area (Å²) in [4.78, 5) is 18.5. The number of hydrogen-bond donors (Lipinski definition) is 1. The number of benzene rings is 1. The van der Waals surface area contributed by atoms with E-state index >= 15 is 0 Å². The van der Waals surface area contributed by atoms with Gasteiger partial charge in [0.05, 0.1) is 37.4 Å². The molecule has 2 aromatic rings. The standard InChI is InChI=1S/C23H31N3O5/c1-29-7-6-26-15-24-11-19(26)14-25-12-17-9-21(27)22(10-18(17)13-25)31-20-5-3-4-16(8-20)23(28)30-2/h3-5,8,11,15,17-18,21-22,27H,6-7,9-10,12-14H2,1-2H3/t17-,18+,21+,22+/m0/s1. The van der Waals surface area contributed by atoms with Gasteiger partial charge in [-0.15, -0.1) is 0 Å². The molecule has 2 aliphatic rings. The second-order valence-electron chi connectivity index (χ2n) is 8.50. The third kappa shape index (κ3) is 5.08. The second-order valence-corrected chi connectivity index (χ2v) is 8.50. The maximum atomic E-state index is 11.8. The van der Waals surface area contributed by atoms with E-state index in [9.17, 15) is 9.90 Å². The number of aliphatic hydroxyl groups is 1. The number of hydrogen-bond acceptors (Lipinski definition) is 7. The number of ether oxygens (including phenoxy) is 3. The minimum Gasteiger partial charge on any atom is -0.488 e. The van der Waals surface area contributed by atoms with Gasteiger partial charge in [-0.1, -0.05) is 6.07 Å². The first-order valence-electron chi connectivity index (χ1n) is 10.8. The summed E-state index contributed by atoms with van der Waals surface area (Å²) in [6, 6.07) is 6.95. The van der Waals surface area contributed by atoms with Gasteiger partial charge in [-0.3, -0.25) is 4.90 Å². The number of carbonyl (C=O) groups excluding carboxylic acids is 1. The first-order chi connectivity index (χ1) is 15.1. The van der Waals surface area contributed by atoms with Crippen molar-refractivity contribution < 1.29 is 24.1 Å². The summed E-state index contributed by atoms with van der Waals surface area (Å²) in [5.74, 6) is 1.13. The maximum Gasteiger partial charge on any atom is 0.337 e. The van der Waals surface area contributed by atoms with Crippen LogP contribution in [-0.4, -0.2) is 71.7 Å². The molecular formula is C23H31N3O5. The molecule has 0 amide bonds.